The second-order valence-electron chi connectivity index (χ2n) is 12.9. The molecular formula is C31H50N8O13. The fourth-order valence-electron chi connectivity index (χ4n) is 6.19. The maximum absolute atomic E-state index is 13.5. The molecule has 1 aromatic rings. The average molecular weight is 743 g/mol. The molecule has 0 saturated carbocycles. The molecule has 1 aromatic carbocycles. The van der Waals surface area contributed by atoms with Crippen molar-refractivity contribution >= 4 is 23.6 Å². The number of nitrogens with one attached hydrogen (secondary N) is 4. The Kier molecular flexibility index (Phi) is 14.8. The maximum Gasteiger partial charge on any atom is 0.251 e. The number of rotatable bonds is 13. The van der Waals surface area contributed by atoms with Crippen molar-refractivity contribution < 1.29 is 64.0 Å². The van der Waals surface area contributed by atoms with Gasteiger partial charge in [-0.3, -0.25) is 19.2 Å². The van der Waals surface area contributed by atoms with Crippen LogP contribution in [0.4, 0.5) is 0 Å². The number of aliphatic hydroxyl groups excluding tert-OH is 6. The first kappa shape index (κ1) is 41.3. The zero-order valence-electron chi connectivity index (χ0n) is 28.1. The molecule has 52 heavy (non-hydrogen) atoms. The van der Waals surface area contributed by atoms with Gasteiger partial charge in [0.15, 0.2) is 18.3 Å². The van der Waals surface area contributed by atoms with Crippen LogP contribution in [0.25, 0.3) is 0 Å². The summed E-state index contributed by atoms with van der Waals surface area (Å²) < 4.78 is 16.8. The predicted molar refractivity (Wildman–Crippen MR) is 177 cm³/mol. The molecule has 3 heterocycles. The molecule has 0 spiro atoms. The first-order valence-corrected chi connectivity index (χ1v) is 16.8. The van der Waals surface area contributed by atoms with E-state index < -0.39 is 122 Å². The maximum atomic E-state index is 13.5. The van der Waals surface area contributed by atoms with E-state index in [0.29, 0.717) is 0 Å². The third-order valence-corrected chi connectivity index (χ3v) is 9.35. The summed E-state index contributed by atoms with van der Waals surface area (Å²) in [5.41, 5.74) is 23.9. The number of carbonyl (C=O) groups is 4. The van der Waals surface area contributed by atoms with E-state index in [-0.39, 0.29) is 32.6 Å². The fraction of sp³-hybridized carbons (Fsp3) is 0.677. The number of hydrogen-bond acceptors (Lipinski definition) is 17. The monoisotopic (exact) mass is 742 g/mol. The normalized spacial score (nSPS) is 37.8. The molecule has 3 saturated heterocycles. The lowest BCUT2D eigenvalue weighted by molar-refractivity contribution is -0.199. The van der Waals surface area contributed by atoms with Gasteiger partial charge in [-0.15, -0.1) is 0 Å². The number of carbonyl (C=O) groups excluding carboxylic acids is 4. The smallest absolute Gasteiger partial charge is 0.251 e. The van der Waals surface area contributed by atoms with Crippen molar-refractivity contribution in [2.24, 2.45) is 22.9 Å². The number of benzene rings is 1. The van der Waals surface area contributed by atoms with Gasteiger partial charge < -0.3 is 89.1 Å². The van der Waals surface area contributed by atoms with E-state index in [2.05, 4.69) is 21.3 Å². The Morgan fingerprint density at radius 3 is 1.67 bits per heavy atom. The van der Waals surface area contributed by atoms with Gasteiger partial charge in [-0.1, -0.05) is 30.3 Å². The second kappa shape index (κ2) is 18.6. The van der Waals surface area contributed by atoms with Crippen LogP contribution in [0.5, 0.6) is 0 Å². The standard InChI is InChI=1S/C31H50N8O13/c32-8-13-20(41)23(44)17(34)26(50-13)29(47)38-11-15-22(43)25(46)19(39-31(49)27-18(35)24(45)21(42)14(9-33)51-27)28(52-15)30(48)36-7-6-16(40)37-10-12-4-2-1-3-5-12/h1-5,13-15,17-28,41-46H,6-11,32-35H2,(H,36,48)(H,37,40)(H,38,47)(H,39,49)/t13-,14-,15-,17-,18-,19-,20-,21-,22-,23-,24-,25-,26-,27-,28-/m1/s1. The van der Waals surface area contributed by atoms with Crippen LogP contribution in [0, 0.1) is 0 Å². The van der Waals surface area contributed by atoms with E-state index in [9.17, 15) is 49.8 Å². The zero-order chi connectivity index (χ0) is 38.3. The van der Waals surface area contributed by atoms with Crippen LogP contribution < -0.4 is 44.2 Å². The number of aliphatic hydroxyl groups is 6. The van der Waals surface area contributed by atoms with Crippen LogP contribution in [0.15, 0.2) is 30.3 Å². The molecular weight excluding hydrogens is 692 g/mol. The van der Waals surface area contributed by atoms with Gasteiger partial charge in [0, 0.05) is 39.1 Å². The number of nitrogens with two attached hydrogens (primary N) is 4. The molecule has 0 bridgehead atoms. The minimum absolute atomic E-state index is 0.162. The predicted octanol–water partition coefficient (Wildman–Crippen LogP) is -8.55. The third kappa shape index (κ3) is 9.57. The highest BCUT2D eigenvalue weighted by atomic mass is 16.5. The Balaban J connectivity index is 1.45. The number of hydrogen-bond donors (Lipinski definition) is 14. The number of ether oxygens (including phenoxy) is 3. The first-order valence-electron chi connectivity index (χ1n) is 16.8. The molecule has 4 rings (SSSR count). The van der Waals surface area contributed by atoms with Gasteiger partial charge in [0.2, 0.25) is 5.91 Å². The summed E-state index contributed by atoms with van der Waals surface area (Å²) in [6.07, 6.45) is -18.7. The van der Waals surface area contributed by atoms with Gasteiger partial charge in [0.25, 0.3) is 17.7 Å². The summed E-state index contributed by atoms with van der Waals surface area (Å²) in [7, 11) is 0. The molecule has 0 aliphatic carbocycles. The van der Waals surface area contributed by atoms with Gasteiger partial charge in [-0.25, -0.2) is 0 Å². The van der Waals surface area contributed by atoms with Crippen LogP contribution in [-0.2, 0) is 39.9 Å². The van der Waals surface area contributed by atoms with Gasteiger partial charge in [-0.05, 0) is 5.56 Å². The SMILES string of the molecule is NC[C@H]1O[C@@H](C(=O)NC[C@H]2O[C@@H](C(=O)NCCC(=O)NCc3ccccc3)[C@H](NC(=O)[C@@H]3O[C@H](CN)[C@@H](O)[C@H](O)[C@H]3N)[C@@H](O)[C@@H]2O)[C@H](N)[C@@H](O)[C@@H]1O. The van der Waals surface area contributed by atoms with Crippen molar-refractivity contribution in [2.75, 3.05) is 26.2 Å². The van der Waals surface area contributed by atoms with Crippen LogP contribution in [-0.4, -0.2) is 172 Å². The Bertz CT molecular complexity index is 1360. The molecule has 3 aliphatic heterocycles. The lowest BCUT2D eigenvalue weighted by atomic mass is 9.89. The number of amides is 4. The summed E-state index contributed by atoms with van der Waals surface area (Å²) in [6, 6.07) is 4.60. The van der Waals surface area contributed by atoms with Crippen molar-refractivity contribution in [3.8, 4) is 0 Å². The quantitative estimate of drug-likeness (QED) is 0.0892. The Labute approximate surface area is 298 Å². The van der Waals surface area contributed by atoms with Gasteiger partial charge in [0.05, 0.1) is 30.3 Å². The summed E-state index contributed by atoms with van der Waals surface area (Å²) >= 11 is 0. The summed E-state index contributed by atoms with van der Waals surface area (Å²) in [5.74, 6) is -3.25. The molecule has 3 aliphatic rings. The Hall–Kier alpha value is -3.42. The van der Waals surface area contributed by atoms with Crippen LogP contribution in [0.3, 0.4) is 0 Å². The van der Waals surface area contributed by atoms with E-state index in [0.717, 1.165) is 5.56 Å². The zero-order valence-corrected chi connectivity index (χ0v) is 28.1. The van der Waals surface area contributed by atoms with Crippen molar-refractivity contribution in [1.82, 2.24) is 21.3 Å². The van der Waals surface area contributed by atoms with Crippen LogP contribution >= 0.6 is 0 Å². The van der Waals surface area contributed by atoms with Gasteiger partial charge in [0.1, 0.15) is 42.7 Å². The first-order chi connectivity index (χ1) is 24.7. The third-order valence-electron chi connectivity index (χ3n) is 9.35. The highest BCUT2D eigenvalue weighted by Crippen LogP contribution is 2.25. The molecule has 292 valence electrons. The summed E-state index contributed by atoms with van der Waals surface area (Å²) in [6.45, 7) is -1.03. The van der Waals surface area contributed by atoms with Crippen LogP contribution in [0.1, 0.15) is 12.0 Å². The average Bonchev–Trinajstić information content (AvgIpc) is 3.14. The van der Waals surface area contributed by atoms with Gasteiger partial charge >= 0.3 is 0 Å². The summed E-state index contributed by atoms with van der Waals surface area (Å²) in [4.78, 5) is 52.4. The molecule has 15 atom stereocenters. The molecule has 3 fully saturated rings. The van der Waals surface area contributed by atoms with Crippen molar-refractivity contribution in [2.45, 2.75) is 104 Å². The molecule has 0 aromatic heterocycles. The minimum atomic E-state index is -1.92. The van der Waals surface area contributed by atoms with E-state index >= 15 is 0 Å². The second-order valence-corrected chi connectivity index (χ2v) is 12.9. The topological polar surface area (TPSA) is 370 Å². The molecule has 21 heteroatoms. The van der Waals surface area contributed by atoms with E-state index in [4.69, 9.17) is 37.1 Å². The van der Waals surface area contributed by atoms with Crippen molar-refractivity contribution in [3.63, 3.8) is 0 Å². The lowest BCUT2D eigenvalue weighted by Crippen LogP contribution is -2.71. The fourth-order valence-corrected chi connectivity index (χ4v) is 6.19. The van der Waals surface area contributed by atoms with Crippen molar-refractivity contribution in [3.05, 3.63) is 35.9 Å². The molecule has 18 N–H and O–H groups in total. The molecule has 4 amide bonds. The van der Waals surface area contributed by atoms with Crippen molar-refractivity contribution in [1.29, 1.82) is 0 Å². The molecule has 21 nitrogen and oxygen atoms in total. The van der Waals surface area contributed by atoms with E-state index in [1.807, 2.05) is 30.3 Å². The lowest BCUT2D eigenvalue weighted by Gasteiger charge is -2.44. The van der Waals surface area contributed by atoms with E-state index in [1.165, 1.54) is 0 Å². The summed E-state index contributed by atoms with van der Waals surface area (Å²) in [5, 5.41) is 73.2. The highest BCUT2D eigenvalue weighted by molar-refractivity contribution is 5.86. The Morgan fingerprint density at radius 2 is 1.12 bits per heavy atom. The molecule has 0 radical (unpaired) electrons. The highest BCUT2D eigenvalue weighted by Gasteiger charge is 2.51. The minimum Gasteiger partial charge on any atom is -0.389 e. The van der Waals surface area contributed by atoms with Gasteiger partial charge in [-0.2, -0.15) is 0 Å². The van der Waals surface area contributed by atoms with E-state index in [1.54, 1.807) is 0 Å². The molecule has 0 unspecified atom stereocenters. The largest absolute Gasteiger partial charge is 0.389 e. The Morgan fingerprint density at radius 1 is 0.615 bits per heavy atom. The van der Waals surface area contributed by atoms with Crippen LogP contribution in [0.2, 0.25) is 0 Å².